The van der Waals surface area contributed by atoms with Gasteiger partial charge in [0.15, 0.2) is 5.82 Å². The molecule has 118 valence electrons. The van der Waals surface area contributed by atoms with Gasteiger partial charge in [0.05, 0.1) is 12.7 Å². The molecule has 0 saturated carbocycles. The second-order valence-electron chi connectivity index (χ2n) is 5.10. The van der Waals surface area contributed by atoms with Crippen molar-refractivity contribution in [3.63, 3.8) is 0 Å². The maximum absolute atomic E-state index is 5.41. The maximum atomic E-state index is 5.41. The summed E-state index contributed by atoms with van der Waals surface area (Å²) in [7, 11) is 1.64. The Kier molecular flexibility index (Phi) is 3.80. The van der Waals surface area contributed by atoms with Crippen LogP contribution in [0.1, 0.15) is 10.6 Å². The molecule has 5 nitrogen and oxygen atoms in total. The van der Waals surface area contributed by atoms with Gasteiger partial charge in [-0.25, -0.2) is 0 Å². The van der Waals surface area contributed by atoms with Crippen molar-refractivity contribution < 1.29 is 4.74 Å². The van der Waals surface area contributed by atoms with E-state index >= 15 is 0 Å². The molecule has 24 heavy (non-hydrogen) atoms. The zero-order valence-corrected chi connectivity index (χ0v) is 13.8. The van der Waals surface area contributed by atoms with Crippen LogP contribution in [-0.4, -0.2) is 26.9 Å². The average molecular weight is 334 g/mol. The predicted molar refractivity (Wildman–Crippen MR) is 96.0 cm³/mol. The van der Waals surface area contributed by atoms with Crippen molar-refractivity contribution in [2.75, 3.05) is 7.11 Å². The normalized spacial score (nSPS) is 11.4. The SMILES string of the molecule is COc1ccccc1-c1nnc2sc(C=Cc3ccccc3)nn12. The number of benzene rings is 2. The monoisotopic (exact) mass is 334 g/mol. The first kappa shape index (κ1) is 14.6. The second-order valence-corrected chi connectivity index (χ2v) is 6.09. The number of nitrogens with zero attached hydrogens (tertiary/aromatic N) is 4. The van der Waals surface area contributed by atoms with E-state index in [1.54, 1.807) is 11.6 Å². The number of ether oxygens (including phenoxy) is 1. The molecule has 2 aromatic heterocycles. The summed E-state index contributed by atoms with van der Waals surface area (Å²) in [6, 6.07) is 17.9. The Labute approximate surface area is 142 Å². The van der Waals surface area contributed by atoms with Gasteiger partial charge in [0.25, 0.3) is 0 Å². The number of rotatable bonds is 4. The Morgan fingerprint density at radius 3 is 2.58 bits per heavy atom. The summed E-state index contributed by atoms with van der Waals surface area (Å²) in [6.45, 7) is 0. The lowest BCUT2D eigenvalue weighted by atomic mass is 10.2. The number of aromatic nitrogens is 4. The van der Waals surface area contributed by atoms with Gasteiger partial charge in [0.1, 0.15) is 10.8 Å². The smallest absolute Gasteiger partial charge is 0.235 e. The predicted octanol–water partition coefficient (Wildman–Crippen LogP) is 4.03. The molecule has 0 N–H and O–H groups in total. The Hall–Kier alpha value is -2.99. The van der Waals surface area contributed by atoms with Crippen LogP contribution in [0.3, 0.4) is 0 Å². The average Bonchev–Trinajstić information content (AvgIpc) is 3.21. The van der Waals surface area contributed by atoms with E-state index in [1.165, 1.54) is 11.3 Å². The van der Waals surface area contributed by atoms with Crippen LogP contribution in [0.15, 0.2) is 54.6 Å². The third-order valence-electron chi connectivity index (χ3n) is 3.57. The van der Waals surface area contributed by atoms with Gasteiger partial charge < -0.3 is 4.74 Å². The van der Waals surface area contributed by atoms with E-state index in [-0.39, 0.29) is 0 Å². The van der Waals surface area contributed by atoms with E-state index in [2.05, 4.69) is 27.4 Å². The fourth-order valence-electron chi connectivity index (χ4n) is 2.43. The summed E-state index contributed by atoms with van der Waals surface area (Å²) in [5.41, 5.74) is 2.00. The molecule has 0 amide bonds. The third-order valence-corrected chi connectivity index (χ3v) is 4.44. The molecule has 0 radical (unpaired) electrons. The standard InChI is InChI=1S/C18H14N4OS/c1-23-15-10-6-5-9-14(15)17-19-20-18-22(17)21-16(24-18)12-11-13-7-3-2-4-8-13/h2-12H,1H3. The van der Waals surface area contributed by atoms with Gasteiger partial charge in [-0.05, 0) is 23.8 Å². The van der Waals surface area contributed by atoms with Crippen molar-refractivity contribution in [3.05, 3.63) is 65.2 Å². The van der Waals surface area contributed by atoms with Crippen LogP contribution in [0.25, 0.3) is 28.5 Å². The molecule has 0 spiro atoms. The van der Waals surface area contributed by atoms with Crippen molar-refractivity contribution >= 4 is 28.4 Å². The van der Waals surface area contributed by atoms with E-state index in [9.17, 15) is 0 Å². The van der Waals surface area contributed by atoms with E-state index in [0.29, 0.717) is 5.82 Å². The summed E-state index contributed by atoms with van der Waals surface area (Å²) in [5.74, 6) is 1.43. The molecule has 0 aliphatic rings. The van der Waals surface area contributed by atoms with Gasteiger partial charge in [-0.2, -0.15) is 9.61 Å². The molecule has 0 fully saturated rings. The minimum atomic E-state index is 0.679. The van der Waals surface area contributed by atoms with Crippen molar-refractivity contribution in [1.82, 2.24) is 19.8 Å². The van der Waals surface area contributed by atoms with Gasteiger partial charge >= 0.3 is 0 Å². The number of hydrogen-bond donors (Lipinski definition) is 0. The first-order valence-corrected chi connectivity index (χ1v) is 8.25. The van der Waals surface area contributed by atoms with Gasteiger partial charge in [-0.1, -0.05) is 59.9 Å². The lowest BCUT2D eigenvalue weighted by Crippen LogP contribution is -1.94. The topological polar surface area (TPSA) is 52.3 Å². The van der Waals surface area contributed by atoms with E-state index < -0.39 is 0 Å². The first-order chi connectivity index (χ1) is 11.8. The molecule has 4 rings (SSSR count). The van der Waals surface area contributed by atoms with Crippen LogP contribution in [0.5, 0.6) is 5.75 Å². The largest absolute Gasteiger partial charge is 0.496 e. The van der Waals surface area contributed by atoms with Crippen LogP contribution >= 0.6 is 11.3 Å². The highest BCUT2D eigenvalue weighted by atomic mass is 32.1. The van der Waals surface area contributed by atoms with Crippen LogP contribution in [-0.2, 0) is 0 Å². The molecule has 0 unspecified atom stereocenters. The van der Waals surface area contributed by atoms with Crippen LogP contribution in [0.4, 0.5) is 0 Å². The number of hydrogen-bond acceptors (Lipinski definition) is 5. The highest BCUT2D eigenvalue weighted by molar-refractivity contribution is 7.17. The molecule has 0 atom stereocenters. The highest BCUT2D eigenvalue weighted by Crippen LogP contribution is 2.29. The maximum Gasteiger partial charge on any atom is 0.235 e. The molecule has 0 aliphatic carbocycles. The minimum Gasteiger partial charge on any atom is -0.496 e. The number of methoxy groups -OCH3 is 1. The molecule has 2 heterocycles. The Bertz CT molecular complexity index is 1000. The molecular formula is C18H14N4OS. The van der Waals surface area contributed by atoms with Gasteiger partial charge in [0, 0.05) is 0 Å². The Morgan fingerprint density at radius 2 is 1.75 bits per heavy atom. The molecule has 6 heteroatoms. The summed E-state index contributed by atoms with van der Waals surface area (Å²) < 4.78 is 7.17. The first-order valence-electron chi connectivity index (χ1n) is 7.44. The lowest BCUT2D eigenvalue weighted by molar-refractivity contribution is 0.416. The summed E-state index contributed by atoms with van der Waals surface area (Å²) in [5, 5.41) is 14.0. The van der Waals surface area contributed by atoms with Crippen molar-refractivity contribution in [2.45, 2.75) is 0 Å². The van der Waals surface area contributed by atoms with Crippen molar-refractivity contribution in [1.29, 1.82) is 0 Å². The van der Waals surface area contributed by atoms with Crippen LogP contribution in [0, 0.1) is 0 Å². The number of fused-ring (bicyclic) bond motifs is 1. The molecule has 2 aromatic carbocycles. The molecule has 0 bridgehead atoms. The second kappa shape index (κ2) is 6.25. The Morgan fingerprint density at radius 1 is 0.958 bits per heavy atom. The third kappa shape index (κ3) is 2.68. The zero-order chi connectivity index (χ0) is 16.4. The summed E-state index contributed by atoms with van der Waals surface area (Å²) in [4.78, 5) is 0.753. The summed E-state index contributed by atoms with van der Waals surface area (Å²) in [6.07, 6.45) is 4.02. The highest BCUT2D eigenvalue weighted by Gasteiger charge is 2.15. The zero-order valence-electron chi connectivity index (χ0n) is 13.0. The quantitative estimate of drug-likeness (QED) is 0.565. The molecular weight excluding hydrogens is 320 g/mol. The molecule has 4 aromatic rings. The number of para-hydroxylation sites is 1. The van der Waals surface area contributed by atoms with Gasteiger partial charge in [-0.15, -0.1) is 10.2 Å². The van der Waals surface area contributed by atoms with Gasteiger partial charge in [0.2, 0.25) is 4.96 Å². The van der Waals surface area contributed by atoms with E-state index in [4.69, 9.17) is 4.74 Å². The fourth-order valence-corrected chi connectivity index (χ4v) is 3.17. The van der Waals surface area contributed by atoms with Crippen LogP contribution < -0.4 is 4.74 Å². The van der Waals surface area contributed by atoms with Gasteiger partial charge in [-0.3, -0.25) is 0 Å². The Balaban J connectivity index is 1.73. The lowest BCUT2D eigenvalue weighted by Gasteiger charge is -2.04. The van der Waals surface area contributed by atoms with Crippen LogP contribution in [0.2, 0.25) is 0 Å². The molecule has 0 saturated heterocycles. The van der Waals surface area contributed by atoms with Crippen molar-refractivity contribution in [2.24, 2.45) is 0 Å². The molecule has 0 aliphatic heterocycles. The summed E-state index contributed by atoms with van der Waals surface area (Å²) >= 11 is 1.50. The van der Waals surface area contributed by atoms with E-state index in [0.717, 1.165) is 26.8 Å². The fraction of sp³-hybridized carbons (Fsp3) is 0.0556. The van der Waals surface area contributed by atoms with Crippen molar-refractivity contribution in [3.8, 4) is 17.1 Å². The minimum absolute atomic E-state index is 0.679. The van der Waals surface area contributed by atoms with E-state index in [1.807, 2.05) is 54.6 Å².